The number of methoxy groups -OCH3 is 3. The highest BCUT2D eigenvalue weighted by Crippen LogP contribution is 2.46. The van der Waals surface area contributed by atoms with Crippen molar-refractivity contribution in [1.29, 1.82) is 0 Å². The lowest BCUT2D eigenvalue weighted by atomic mass is 10.0. The summed E-state index contributed by atoms with van der Waals surface area (Å²) in [6, 6.07) is 2.96. The summed E-state index contributed by atoms with van der Waals surface area (Å²) >= 11 is 0. The topological polar surface area (TPSA) is 56.4 Å². The van der Waals surface area contributed by atoms with Crippen LogP contribution in [0.2, 0.25) is 0 Å². The maximum atomic E-state index is 13.0. The summed E-state index contributed by atoms with van der Waals surface area (Å²) in [5.41, 5.74) is -0.871. The average molecular weight is 302 g/mol. The molecule has 8 heteroatoms. The molecule has 0 spiro atoms. The van der Waals surface area contributed by atoms with Gasteiger partial charge in [0, 0.05) is 11.1 Å². The van der Waals surface area contributed by atoms with E-state index in [1.807, 2.05) is 5.10 Å². The number of H-pyrrole nitrogens is 1. The maximum absolute atomic E-state index is 13.0. The fraction of sp³-hybridized carbons (Fsp3) is 0.308. The molecule has 0 amide bonds. The molecule has 0 aliphatic heterocycles. The molecule has 0 bridgehead atoms. The van der Waals surface area contributed by atoms with E-state index in [0.29, 0.717) is 5.75 Å². The van der Waals surface area contributed by atoms with Crippen LogP contribution in [0.1, 0.15) is 5.69 Å². The van der Waals surface area contributed by atoms with Gasteiger partial charge in [0.2, 0.25) is 5.75 Å². The zero-order valence-electron chi connectivity index (χ0n) is 11.5. The Bertz CT molecular complexity index is 638. The van der Waals surface area contributed by atoms with Crippen LogP contribution in [-0.4, -0.2) is 31.5 Å². The molecule has 0 unspecified atom stereocenters. The minimum atomic E-state index is -4.55. The van der Waals surface area contributed by atoms with Crippen molar-refractivity contribution in [3.63, 3.8) is 0 Å². The molecule has 114 valence electrons. The van der Waals surface area contributed by atoms with E-state index in [1.165, 1.54) is 33.5 Å². The molecule has 0 saturated carbocycles. The molecule has 5 nitrogen and oxygen atoms in total. The number of alkyl halides is 3. The number of nitrogens with one attached hydrogen (secondary N) is 1. The second-order valence-electron chi connectivity index (χ2n) is 4.04. The number of ether oxygens (including phenoxy) is 3. The molecule has 0 atom stereocenters. The molecule has 1 N–H and O–H groups in total. The first kappa shape index (κ1) is 15.0. The second-order valence-corrected chi connectivity index (χ2v) is 4.04. The van der Waals surface area contributed by atoms with Gasteiger partial charge in [-0.3, -0.25) is 5.10 Å². The Morgan fingerprint density at radius 3 is 2.14 bits per heavy atom. The molecule has 1 aromatic carbocycles. The summed E-state index contributed by atoms with van der Waals surface area (Å²) in [5.74, 6) is 0.714. The van der Waals surface area contributed by atoms with Gasteiger partial charge in [0.15, 0.2) is 11.5 Å². The smallest absolute Gasteiger partial charge is 0.433 e. The van der Waals surface area contributed by atoms with Gasteiger partial charge in [-0.15, -0.1) is 0 Å². The lowest BCUT2D eigenvalue weighted by Gasteiger charge is -2.16. The van der Waals surface area contributed by atoms with E-state index in [-0.39, 0.29) is 22.6 Å². The first-order valence-electron chi connectivity index (χ1n) is 5.84. The van der Waals surface area contributed by atoms with Crippen LogP contribution in [-0.2, 0) is 6.18 Å². The van der Waals surface area contributed by atoms with Gasteiger partial charge in [0.05, 0.1) is 27.5 Å². The first-order valence-corrected chi connectivity index (χ1v) is 5.84. The molecule has 0 aliphatic rings. The Morgan fingerprint density at radius 1 is 0.952 bits per heavy atom. The SMILES string of the molecule is COc1ccc(-c2cn[nH]c2C(F)(F)F)c(OC)c1OC. The summed E-state index contributed by atoms with van der Waals surface area (Å²) in [6.07, 6.45) is -3.46. The normalized spacial score (nSPS) is 11.3. The Labute approximate surface area is 118 Å². The van der Waals surface area contributed by atoms with Gasteiger partial charge in [0.25, 0.3) is 0 Å². The fourth-order valence-electron chi connectivity index (χ4n) is 2.02. The van der Waals surface area contributed by atoms with Crippen LogP contribution < -0.4 is 14.2 Å². The number of benzene rings is 1. The molecule has 1 aromatic heterocycles. The number of nitrogens with zero attached hydrogens (tertiary/aromatic N) is 1. The predicted octanol–water partition coefficient (Wildman–Crippen LogP) is 3.12. The number of aromatic nitrogens is 2. The average Bonchev–Trinajstić information content (AvgIpc) is 2.94. The largest absolute Gasteiger partial charge is 0.493 e. The molecule has 21 heavy (non-hydrogen) atoms. The highest BCUT2D eigenvalue weighted by molar-refractivity contribution is 5.77. The van der Waals surface area contributed by atoms with E-state index in [2.05, 4.69) is 5.10 Å². The third-order valence-corrected chi connectivity index (χ3v) is 2.92. The zero-order valence-corrected chi connectivity index (χ0v) is 11.5. The molecule has 0 saturated heterocycles. The quantitative estimate of drug-likeness (QED) is 0.942. The minimum absolute atomic E-state index is 0.125. The molecule has 2 rings (SSSR count). The molecular weight excluding hydrogens is 289 g/mol. The van der Waals surface area contributed by atoms with E-state index >= 15 is 0 Å². The molecule has 1 heterocycles. The number of hydrogen-bond donors (Lipinski definition) is 1. The van der Waals surface area contributed by atoms with Gasteiger partial charge in [-0.2, -0.15) is 18.3 Å². The van der Waals surface area contributed by atoms with Crippen molar-refractivity contribution in [2.45, 2.75) is 6.18 Å². The highest BCUT2D eigenvalue weighted by Gasteiger charge is 2.37. The monoisotopic (exact) mass is 302 g/mol. The van der Waals surface area contributed by atoms with Gasteiger partial charge in [-0.25, -0.2) is 0 Å². The Kier molecular flexibility index (Phi) is 3.97. The van der Waals surface area contributed by atoms with E-state index in [0.717, 1.165) is 6.20 Å². The van der Waals surface area contributed by atoms with E-state index in [1.54, 1.807) is 0 Å². The van der Waals surface area contributed by atoms with Gasteiger partial charge in [0.1, 0.15) is 5.69 Å². The molecule has 2 aromatic rings. The zero-order chi connectivity index (χ0) is 15.6. The highest BCUT2D eigenvalue weighted by atomic mass is 19.4. The van der Waals surface area contributed by atoms with Crippen molar-refractivity contribution in [2.75, 3.05) is 21.3 Å². The predicted molar refractivity (Wildman–Crippen MR) is 68.7 cm³/mol. The summed E-state index contributed by atoms with van der Waals surface area (Å²) in [4.78, 5) is 0. The number of halogens is 3. The van der Waals surface area contributed by atoms with Gasteiger partial charge in [-0.05, 0) is 12.1 Å². The van der Waals surface area contributed by atoms with Crippen molar-refractivity contribution >= 4 is 0 Å². The van der Waals surface area contributed by atoms with Crippen molar-refractivity contribution in [1.82, 2.24) is 10.2 Å². The molecule has 0 aliphatic carbocycles. The Morgan fingerprint density at radius 2 is 1.62 bits per heavy atom. The van der Waals surface area contributed by atoms with Gasteiger partial charge < -0.3 is 14.2 Å². The number of hydrogen-bond acceptors (Lipinski definition) is 4. The van der Waals surface area contributed by atoms with Gasteiger partial charge >= 0.3 is 6.18 Å². The first-order chi connectivity index (χ1) is 9.93. The van der Waals surface area contributed by atoms with Crippen LogP contribution >= 0.6 is 0 Å². The van der Waals surface area contributed by atoms with Crippen LogP contribution in [0.15, 0.2) is 18.3 Å². The lowest BCUT2D eigenvalue weighted by molar-refractivity contribution is -0.140. The summed E-state index contributed by atoms with van der Waals surface area (Å²) in [6.45, 7) is 0. The second kappa shape index (κ2) is 5.55. The van der Waals surface area contributed by atoms with Crippen molar-refractivity contribution in [2.24, 2.45) is 0 Å². The van der Waals surface area contributed by atoms with Crippen LogP contribution in [0, 0.1) is 0 Å². The van der Waals surface area contributed by atoms with Crippen LogP contribution in [0.4, 0.5) is 13.2 Å². The lowest BCUT2D eigenvalue weighted by Crippen LogP contribution is -2.07. The van der Waals surface area contributed by atoms with Gasteiger partial charge in [-0.1, -0.05) is 0 Å². The van der Waals surface area contributed by atoms with Crippen LogP contribution in [0.3, 0.4) is 0 Å². The third-order valence-electron chi connectivity index (χ3n) is 2.92. The van der Waals surface area contributed by atoms with Crippen molar-refractivity contribution in [3.05, 3.63) is 24.0 Å². The maximum Gasteiger partial charge on any atom is 0.433 e. The number of rotatable bonds is 4. The minimum Gasteiger partial charge on any atom is -0.493 e. The molecule has 0 radical (unpaired) electrons. The van der Waals surface area contributed by atoms with Crippen molar-refractivity contribution < 1.29 is 27.4 Å². The Balaban J connectivity index is 2.68. The standard InChI is InChI=1S/C13H13F3N2O3/c1-19-9-5-4-7(10(20-2)11(9)21-3)8-6-17-18-12(8)13(14,15)16/h4-6H,1-3H3,(H,17,18). The van der Waals surface area contributed by atoms with E-state index < -0.39 is 11.9 Å². The summed E-state index contributed by atoms with van der Waals surface area (Å²) in [5, 5.41) is 5.42. The fourth-order valence-corrected chi connectivity index (χ4v) is 2.02. The van der Waals surface area contributed by atoms with Crippen LogP contribution in [0.5, 0.6) is 17.2 Å². The van der Waals surface area contributed by atoms with Crippen molar-refractivity contribution in [3.8, 4) is 28.4 Å². The van der Waals surface area contributed by atoms with E-state index in [9.17, 15) is 13.2 Å². The summed E-state index contributed by atoms with van der Waals surface area (Å²) in [7, 11) is 4.15. The summed E-state index contributed by atoms with van der Waals surface area (Å²) < 4.78 is 54.3. The Hall–Kier alpha value is -2.38. The molecule has 0 fully saturated rings. The molecular formula is C13H13F3N2O3. The van der Waals surface area contributed by atoms with Crippen LogP contribution in [0.25, 0.3) is 11.1 Å². The number of aromatic amines is 1. The van der Waals surface area contributed by atoms with E-state index in [4.69, 9.17) is 14.2 Å². The third kappa shape index (κ3) is 2.61.